The number of hydrogen-bond donors (Lipinski definition) is 2. The summed E-state index contributed by atoms with van der Waals surface area (Å²) in [6, 6.07) is 4.90. The van der Waals surface area contributed by atoms with Crippen molar-refractivity contribution in [1.29, 1.82) is 0 Å². The van der Waals surface area contributed by atoms with Crippen LogP contribution in [0.15, 0.2) is 23.1 Å². The Morgan fingerprint density at radius 3 is 2.40 bits per heavy atom. The van der Waals surface area contributed by atoms with E-state index in [-0.39, 0.29) is 10.4 Å². The van der Waals surface area contributed by atoms with E-state index in [1.807, 2.05) is 0 Å². The minimum atomic E-state index is -3.43. The zero-order valence-corrected chi connectivity index (χ0v) is 13.1. The maximum absolute atomic E-state index is 12.1. The molecule has 0 bridgehead atoms. The molecule has 20 heavy (non-hydrogen) atoms. The van der Waals surface area contributed by atoms with Gasteiger partial charge in [0.15, 0.2) is 0 Å². The number of rotatable bonds is 5. The second-order valence-corrected chi connectivity index (χ2v) is 7.80. The predicted molar refractivity (Wildman–Crippen MR) is 82.2 cm³/mol. The summed E-state index contributed by atoms with van der Waals surface area (Å²) < 4.78 is 25.3. The standard InChI is InChI=1S/C14H23N3O2S/c1-4-14(8-5-9-14)16-13-7-6-11(10-12(13)15)20(18,19)17(2)3/h6-7,10,16H,4-5,8-9,15H2,1-3H3. The van der Waals surface area contributed by atoms with Gasteiger partial charge in [-0.25, -0.2) is 12.7 Å². The van der Waals surface area contributed by atoms with Crippen LogP contribution in [0.2, 0.25) is 0 Å². The van der Waals surface area contributed by atoms with Gasteiger partial charge >= 0.3 is 0 Å². The summed E-state index contributed by atoms with van der Waals surface area (Å²) in [7, 11) is -0.407. The lowest BCUT2D eigenvalue weighted by Gasteiger charge is -2.43. The fourth-order valence-corrected chi connectivity index (χ4v) is 3.42. The summed E-state index contributed by atoms with van der Waals surface area (Å²) in [6.07, 6.45) is 4.55. The van der Waals surface area contributed by atoms with Gasteiger partial charge in [-0.3, -0.25) is 0 Å². The quantitative estimate of drug-likeness (QED) is 0.817. The normalized spacial score (nSPS) is 17.8. The minimum absolute atomic E-state index is 0.135. The Hall–Kier alpha value is -1.27. The summed E-state index contributed by atoms with van der Waals surface area (Å²) in [4.78, 5) is 0.227. The first-order chi connectivity index (χ1) is 9.31. The highest BCUT2D eigenvalue weighted by Gasteiger charge is 2.35. The average Bonchev–Trinajstić information content (AvgIpc) is 2.35. The number of nitrogens with zero attached hydrogens (tertiary/aromatic N) is 1. The Balaban J connectivity index is 2.27. The lowest BCUT2D eigenvalue weighted by Crippen LogP contribution is -2.44. The molecule has 2 rings (SSSR count). The van der Waals surface area contributed by atoms with Crippen molar-refractivity contribution in [2.75, 3.05) is 25.1 Å². The Labute approximate surface area is 121 Å². The Bertz CT molecular complexity index is 587. The molecule has 112 valence electrons. The molecule has 0 heterocycles. The third kappa shape index (κ3) is 2.62. The van der Waals surface area contributed by atoms with Gasteiger partial charge in [-0.05, 0) is 43.9 Å². The maximum Gasteiger partial charge on any atom is 0.242 e. The molecule has 1 saturated carbocycles. The first kappa shape index (κ1) is 15.1. The van der Waals surface area contributed by atoms with E-state index in [4.69, 9.17) is 5.73 Å². The molecule has 1 aliphatic carbocycles. The van der Waals surface area contributed by atoms with Gasteiger partial charge < -0.3 is 11.1 Å². The number of hydrogen-bond acceptors (Lipinski definition) is 4. The summed E-state index contributed by atoms with van der Waals surface area (Å²) in [5.74, 6) is 0. The highest BCUT2D eigenvalue weighted by atomic mass is 32.2. The van der Waals surface area contributed by atoms with Crippen molar-refractivity contribution in [2.24, 2.45) is 0 Å². The van der Waals surface area contributed by atoms with E-state index in [1.54, 1.807) is 12.1 Å². The van der Waals surface area contributed by atoms with Crippen molar-refractivity contribution in [1.82, 2.24) is 4.31 Å². The monoisotopic (exact) mass is 297 g/mol. The van der Waals surface area contributed by atoms with E-state index >= 15 is 0 Å². The molecule has 6 heteroatoms. The van der Waals surface area contributed by atoms with Crippen LogP contribution in [-0.2, 0) is 10.0 Å². The van der Waals surface area contributed by atoms with E-state index in [9.17, 15) is 8.42 Å². The maximum atomic E-state index is 12.1. The number of sulfonamides is 1. The summed E-state index contributed by atoms with van der Waals surface area (Å²) in [5.41, 5.74) is 7.45. The molecule has 0 amide bonds. The molecule has 0 atom stereocenters. The first-order valence-electron chi connectivity index (χ1n) is 6.91. The molecule has 0 aliphatic heterocycles. The number of nitrogens with two attached hydrogens (primary N) is 1. The zero-order valence-electron chi connectivity index (χ0n) is 12.3. The minimum Gasteiger partial charge on any atom is -0.397 e. The number of anilines is 2. The highest BCUT2D eigenvalue weighted by Crippen LogP contribution is 2.39. The summed E-state index contributed by atoms with van der Waals surface area (Å²) >= 11 is 0. The topological polar surface area (TPSA) is 75.4 Å². The van der Waals surface area contributed by atoms with Gasteiger partial charge in [-0.1, -0.05) is 6.92 Å². The molecule has 0 unspecified atom stereocenters. The molecule has 1 aromatic rings. The van der Waals surface area contributed by atoms with E-state index < -0.39 is 10.0 Å². The van der Waals surface area contributed by atoms with E-state index in [0.29, 0.717) is 5.69 Å². The van der Waals surface area contributed by atoms with Crippen LogP contribution >= 0.6 is 0 Å². The van der Waals surface area contributed by atoms with Gasteiger partial charge in [0.25, 0.3) is 0 Å². The molecule has 0 radical (unpaired) electrons. The van der Waals surface area contributed by atoms with Gasteiger partial charge in [-0.15, -0.1) is 0 Å². The van der Waals surface area contributed by atoms with Gasteiger partial charge in [0.1, 0.15) is 0 Å². The van der Waals surface area contributed by atoms with E-state index in [0.717, 1.165) is 24.9 Å². The van der Waals surface area contributed by atoms with Crippen molar-refractivity contribution in [2.45, 2.75) is 43.0 Å². The van der Waals surface area contributed by atoms with Crippen molar-refractivity contribution < 1.29 is 8.42 Å². The SMILES string of the molecule is CCC1(Nc2ccc(S(=O)(=O)N(C)C)cc2N)CCC1. The number of benzene rings is 1. The van der Waals surface area contributed by atoms with E-state index in [1.165, 1.54) is 30.9 Å². The van der Waals surface area contributed by atoms with E-state index in [2.05, 4.69) is 12.2 Å². The van der Waals surface area contributed by atoms with Crippen LogP contribution in [0, 0.1) is 0 Å². The largest absolute Gasteiger partial charge is 0.397 e. The second-order valence-electron chi connectivity index (χ2n) is 5.65. The number of nitrogen functional groups attached to an aromatic ring is 1. The van der Waals surface area contributed by atoms with Crippen LogP contribution in [-0.4, -0.2) is 32.4 Å². The third-order valence-corrected chi connectivity index (χ3v) is 6.00. The Morgan fingerprint density at radius 2 is 2.00 bits per heavy atom. The van der Waals surface area contributed by atoms with Crippen LogP contribution in [0.1, 0.15) is 32.6 Å². The Morgan fingerprint density at radius 1 is 1.35 bits per heavy atom. The van der Waals surface area contributed by atoms with Crippen LogP contribution in [0.3, 0.4) is 0 Å². The lowest BCUT2D eigenvalue weighted by molar-refractivity contribution is 0.269. The van der Waals surface area contributed by atoms with Crippen molar-refractivity contribution >= 4 is 21.4 Å². The molecule has 0 saturated heterocycles. The van der Waals surface area contributed by atoms with Crippen LogP contribution in [0.25, 0.3) is 0 Å². The number of nitrogens with one attached hydrogen (secondary N) is 1. The van der Waals surface area contributed by atoms with Crippen LogP contribution in [0.4, 0.5) is 11.4 Å². The molecule has 0 spiro atoms. The van der Waals surface area contributed by atoms with Crippen molar-refractivity contribution in [3.8, 4) is 0 Å². The third-order valence-electron chi connectivity index (χ3n) is 4.19. The van der Waals surface area contributed by atoms with Gasteiger partial charge in [0.05, 0.1) is 16.3 Å². The van der Waals surface area contributed by atoms with Crippen molar-refractivity contribution in [3.63, 3.8) is 0 Å². The smallest absolute Gasteiger partial charge is 0.242 e. The average molecular weight is 297 g/mol. The fraction of sp³-hybridized carbons (Fsp3) is 0.571. The molecular weight excluding hydrogens is 274 g/mol. The Kier molecular flexibility index (Phi) is 3.97. The lowest BCUT2D eigenvalue weighted by atomic mass is 9.74. The highest BCUT2D eigenvalue weighted by molar-refractivity contribution is 7.89. The van der Waals surface area contributed by atoms with Crippen molar-refractivity contribution in [3.05, 3.63) is 18.2 Å². The molecule has 1 fully saturated rings. The molecule has 5 nitrogen and oxygen atoms in total. The summed E-state index contributed by atoms with van der Waals surface area (Å²) in [5, 5.41) is 3.48. The van der Waals surface area contributed by atoms with Gasteiger partial charge in [-0.2, -0.15) is 0 Å². The second kappa shape index (κ2) is 5.26. The molecule has 3 N–H and O–H groups in total. The van der Waals surface area contributed by atoms with Crippen LogP contribution in [0.5, 0.6) is 0 Å². The van der Waals surface area contributed by atoms with Gasteiger partial charge in [0, 0.05) is 19.6 Å². The summed E-state index contributed by atoms with van der Waals surface area (Å²) in [6.45, 7) is 2.16. The fourth-order valence-electron chi connectivity index (χ4n) is 2.48. The molecule has 1 aliphatic rings. The predicted octanol–water partition coefficient (Wildman–Crippen LogP) is 2.26. The zero-order chi connectivity index (χ0) is 15.0. The molecule has 0 aromatic heterocycles. The van der Waals surface area contributed by atoms with Gasteiger partial charge in [0.2, 0.25) is 10.0 Å². The van der Waals surface area contributed by atoms with Crippen LogP contribution < -0.4 is 11.1 Å². The molecule has 1 aromatic carbocycles. The first-order valence-corrected chi connectivity index (χ1v) is 8.35. The molecular formula is C14H23N3O2S.